The lowest BCUT2D eigenvalue weighted by atomic mass is 9.69. The Labute approximate surface area is 193 Å². The molecule has 7 N–H and O–H groups in total. The fourth-order valence-electron chi connectivity index (χ4n) is 5.78. The van der Waals surface area contributed by atoms with Crippen molar-refractivity contribution in [2.45, 2.75) is 76.5 Å². The van der Waals surface area contributed by atoms with E-state index in [4.69, 9.17) is 21.9 Å². The highest BCUT2D eigenvalue weighted by atomic mass is 16.5. The third-order valence-corrected chi connectivity index (χ3v) is 8.08. The molecule has 4 rings (SSSR count). The summed E-state index contributed by atoms with van der Waals surface area (Å²) >= 11 is 0. The summed E-state index contributed by atoms with van der Waals surface area (Å²) in [5.74, 6) is 3.15. The van der Waals surface area contributed by atoms with Gasteiger partial charge >= 0.3 is 0 Å². The maximum absolute atomic E-state index is 6.31. The molecule has 2 aromatic rings. The Morgan fingerprint density at radius 3 is 1.91 bits per heavy atom. The lowest BCUT2D eigenvalue weighted by Gasteiger charge is -2.38. The first-order chi connectivity index (χ1) is 15.4. The molecule has 1 unspecified atom stereocenters. The highest BCUT2D eigenvalue weighted by Gasteiger charge is 2.31. The second-order valence-electron chi connectivity index (χ2n) is 9.94. The van der Waals surface area contributed by atoms with Crippen LogP contribution in [-0.4, -0.2) is 13.1 Å². The van der Waals surface area contributed by atoms with Crippen LogP contribution in [0.2, 0.25) is 0 Å². The molecule has 0 radical (unpaired) electrons. The minimum atomic E-state index is -0.547. The monoisotopic (exact) mass is 436 g/mol. The Bertz CT molecular complexity index is 858. The third kappa shape index (κ3) is 5.21. The summed E-state index contributed by atoms with van der Waals surface area (Å²) in [5.41, 5.74) is 22.8. The van der Waals surface area contributed by atoms with Crippen LogP contribution in [0.1, 0.15) is 80.2 Å². The number of rotatable bonds is 6. The average Bonchev–Trinajstić information content (AvgIpc) is 2.83. The standard InChI is InChI=1S/C27H40N4O/c1-17-25(28)15-24(16-26(17)29)32-27(30)22-9-7-20(8-10-22)18-3-5-19(6-4-18)21-11-13-23(31-2)14-12-21/h7-10,15-16,18-19,21,23,27,31H,3-6,11-14,28-30H2,1-2H3. The Kier molecular flexibility index (Phi) is 7.27. The molecule has 1 atom stereocenters. The van der Waals surface area contributed by atoms with E-state index in [1.807, 2.05) is 6.92 Å². The minimum absolute atomic E-state index is 0.547. The molecule has 2 saturated carbocycles. The van der Waals surface area contributed by atoms with Crippen LogP contribution in [0.25, 0.3) is 0 Å². The van der Waals surface area contributed by atoms with Gasteiger partial charge in [-0.2, -0.15) is 0 Å². The van der Waals surface area contributed by atoms with Gasteiger partial charge in [0.2, 0.25) is 0 Å². The summed E-state index contributed by atoms with van der Waals surface area (Å²) in [7, 11) is 2.11. The van der Waals surface area contributed by atoms with Crippen molar-refractivity contribution in [1.82, 2.24) is 5.32 Å². The zero-order valence-electron chi connectivity index (χ0n) is 19.6. The van der Waals surface area contributed by atoms with Gasteiger partial charge in [0, 0.05) is 35.1 Å². The van der Waals surface area contributed by atoms with Gasteiger partial charge in [-0.3, -0.25) is 5.73 Å². The molecule has 2 aromatic carbocycles. The summed E-state index contributed by atoms with van der Waals surface area (Å²) in [4.78, 5) is 0. The van der Waals surface area contributed by atoms with Gasteiger partial charge < -0.3 is 21.5 Å². The van der Waals surface area contributed by atoms with Crippen LogP contribution in [-0.2, 0) is 0 Å². The number of hydrogen-bond donors (Lipinski definition) is 4. The second-order valence-corrected chi connectivity index (χ2v) is 9.94. The van der Waals surface area contributed by atoms with Crippen molar-refractivity contribution in [3.8, 4) is 5.75 Å². The van der Waals surface area contributed by atoms with E-state index in [0.29, 0.717) is 23.0 Å². The molecule has 5 heteroatoms. The molecule has 174 valence electrons. The first-order valence-electron chi connectivity index (χ1n) is 12.3. The van der Waals surface area contributed by atoms with Gasteiger partial charge in [0.1, 0.15) is 5.75 Å². The number of nitrogens with two attached hydrogens (primary N) is 3. The molecule has 0 heterocycles. The summed E-state index contributed by atoms with van der Waals surface area (Å²) in [5, 5.41) is 3.46. The summed E-state index contributed by atoms with van der Waals surface area (Å²) < 4.78 is 5.91. The molecule has 32 heavy (non-hydrogen) atoms. The van der Waals surface area contributed by atoms with Crippen LogP contribution in [0.15, 0.2) is 36.4 Å². The lowest BCUT2D eigenvalue weighted by Crippen LogP contribution is -2.33. The molecule has 2 fully saturated rings. The average molecular weight is 437 g/mol. The van der Waals surface area contributed by atoms with Gasteiger partial charge in [0.05, 0.1) is 0 Å². The maximum atomic E-state index is 6.31. The molecule has 2 aliphatic carbocycles. The van der Waals surface area contributed by atoms with E-state index in [2.05, 4.69) is 36.6 Å². The van der Waals surface area contributed by atoms with Crippen LogP contribution in [0, 0.1) is 18.8 Å². The van der Waals surface area contributed by atoms with E-state index in [9.17, 15) is 0 Å². The highest BCUT2D eigenvalue weighted by Crippen LogP contribution is 2.43. The van der Waals surface area contributed by atoms with Crippen LogP contribution < -0.4 is 27.3 Å². The third-order valence-electron chi connectivity index (χ3n) is 8.08. The van der Waals surface area contributed by atoms with Crippen molar-refractivity contribution < 1.29 is 4.74 Å². The number of nitrogens with one attached hydrogen (secondary N) is 1. The summed E-state index contributed by atoms with van der Waals surface area (Å²) in [6, 6.07) is 13.0. The Morgan fingerprint density at radius 1 is 0.844 bits per heavy atom. The molecule has 0 amide bonds. The molecule has 0 aliphatic heterocycles. The lowest BCUT2D eigenvalue weighted by molar-refractivity contribution is 0.171. The van der Waals surface area contributed by atoms with Crippen molar-refractivity contribution in [1.29, 1.82) is 0 Å². The van der Waals surface area contributed by atoms with Gasteiger partial charge in [0.25, 0.3) is 0 Å². The molecule has 2 aliphatic rings. The van der Waals surface area contributed by atoms with Gasteiger partial charge in [-0.25, -0.2) is 0 Å². The predicted octanol–water partition coefficient (Wildman–Crippen LogP) is 5.25. The quantitative estimate of drug-likeness (QED) is 0.366. The molecular weight excluding hydrogens is 396 g/mol. The summed E-state index contributed by atoms with van der Waals surface area (Å²) in [6.45, 7) is 1.90. The van der Waals surface area contributed by atoms with Crippen molar-refractivity contribution in [3.63, 3.8) is 0 Å². The number of anilines is 2. The zero-order chi connectivity index (χ0) is 22.7. The largest absolute Gasteiger partial charge is 0.471 e. The van der Waals surface area contributed by atoms with Crippen molar-refractivity contribution >= 4 is 11.4 Å². The number of nitrogen functional groups attached to an aromatic ring is 2. The van der Waals surface area contributed by atoms with Gasteiger partial charge in [-0.1, -0.05) is 24.3 Å². The van der Waals surface area contributed by atoms with E-state index in [1.165, 1.54) is 56.9 Å². The topological polar surface area (TPSA) is 99.3 Å². The van der Waals surface area contributed by atoms with Crippen LogP contribution in [0.5, 0.6) is 5.75 Å². The predicted molar refractivity (Wildman–Crippen MR) is 134 cm³/mol. The number of ether oxygens (including phenoxy) is 1. The molecule has 0 bridgehead atoms. The highest BCUT2D eigenvalue weighted by molar-refractivity contribution is 5.64. The van der Waals surface area contributed by atoms with Crippen LogP contribution >= 0.6 is 0 Å². The minimum Gasteiger partial charge on any atom is -0.471 e. The van der Waals surface area contributed by atoms with Crippen LogP contribution in [0.4, 0.5) is 11.4 Å². The Balaban J connectivity index is 1.30. The molecule has 0 spiro atoms. The van der Waals surface area contributed by atoms with E-state index < -0.39 is 6.23 Å². The van der Waals surface area contributed by atoms with E-state index in [0.717, 1.165) is 29.0 Å². The fraction of sp³-hybridized carbons (Fsp3) is 0.556. The van der Waals surface area contributed by atoms with E-state index in [-0.39, 0.29) is 0 Å². The first-order valence-corrected chi connectivity index (χ1v) is 12.3. The normalized spacial score (nSPS) is 27.1. The molecule has 0 aromatic heterocycles. The van der Waals surface area contributed by atoms with Crippen molar-refractivity contribution in [3.05, 3.63) is 53.1 Å². The molecular formula is C27H40N4O. The zero-order valence-corrected chi connectivity index (χ0v) is 19.6. The number of hydrogen-bond acceptors (Lipinski definition) is 5. The first kappa shape index (κ1) is 22.9. The Hall–Kier alpha value is -2.24. The second kappa shape index (κ2) is 10.1. The van der Waals surface area contributed by atoms with Gasteiger partial charge in [-0.05, 0) is 94.2 Å². The summed E-state index contributed by atoms with van der Waals surface area (Å²) in [6.07, 6.45) is 10.3. The Morgan fingerprint density at radius 2 is 1.38 bits per heavy atom. The smallest absolute Gasteiger partial charge is 0.174 e. The SMILES string of the molecule is CNC1CCC(C2CCC(c3ccc(C(N)Oc4cc(N)c(C)c(N)c4)cc3)CC2)CC1. The fourth-order valence-corrected chi connectivity index (χ4v) is 5.78. The number of benzene rings is 2. The van der Waals surface area contributed by atoms with Gasteiger partial charge in [-0.15, -0.1) is 0 Å². The van der Waals surface area contributed by atoms with Crippen molar-refractivity contribution in [2.24, 2.45) is 17.6 Å². The van der Waals surface area contributed by atoms with Crippen molar-refractivity contribution in [2.75, 3.05) is 18.5 Å². The van der Waals surface area contributed by atoms with Gasteiger partial charge in [0.15, 0.2) is 6.23 Å². The van der Waals surface area contributed by atoms with E-state index >= 15 is 0 Å². The van der Waals surface area contributed by atoms with E-state index in [1.54, 1.807) is 12.1 Å². The molecule has 5 nitrogen and oxygen atoms in total. The van der Waals surface area contributed by atoms with Crippen LogP contribution in [0.3, 0.4) is 0 Å². The maximum Gasteiger partial charge on any atom is 0.174 e. The molecule has 0 saturated heterocycles.